The first-order valence-corrected chi connectivity index (χ1v) is 7.64. The third kappa shape index (κ3) is 5.24. The summed E-state index contributed by atoms with van der Waals surface area (Å²) in [5.74, 6) is 5.57. The van der Waals surface area contributed by atoms with Crippen LogP contribution in [0.3, 0.4) is 0 Å². The van der Waals surface area contributed by atoms with E-state index in [4.69, 9.17) is 5.11 Å². The van der Waals surface area contributed by atoms with Crippen molar-refractivity contribution in [2.24, 2.45) is 5.92 Å². The zero-order valence-corrected chi connectivity index (χ0v) is 12.4. The zero-order chi connectivity index (χ0) is 15.0. The Morgan fingerprint density at radius 2 is 2.30 bits per heavy atom. The van der Waals surface area contributed by atoms with Gasteiger partial charge in [0, 0.05) is 12.1 Å². The Balaban J connectivity index is 2.83. The Morgan fingerprint density at radius 1 is 1.55 bits per heavy atom. The molecule has 0 saturated heterocycles. The lowest BCUT2D eigenvalue weighted by Crippen LogP contribution is -2.29. The van der Waals surface area contributed by atoms with Crippen molar-refractivity contribution in [1.82, 2.24) is 5.32 Å². The number of amides is 1. The summed E-state index contributed by atoms with van der Waals surface area (Å²) in [6.07, 6.45) is 2.01. The van der Waals surface area contributed by atoms with Crippen LogP contribution < -0.4 is 5.32 Å². The van der Waals surface area contributed by atoms with E-state index in [0.717, 1.165) is 11.8 Å². The number of hydrogen-bond acceptors (Lipinski definition) is 3. The predicted octanol–water partition coefficient (Wildman–Crippen LogP) is 1.90. The van der Waals surface area contributed by atoms with E-state index in [1.54, 1.807) is 11.8 Å². The van der Waals surface area contributed by atoms with Crippen LogP contribution in [0, 0.1) is 23.6 Å². The molecule has 0 radical (unpaired) electrons. The minimum absolute atomic E-state index is 0.197. The van der Waals surface area contributed by atoms with Crippen molar-refractivity contribution < 1.29 is 14.3 Å². The second-order valence-corrected chi connectivity index (χ2v) is 5.33. The molecular weight excluding hydrogens is 277 g/mol. The van der Waals surface area contributed by atoms with Gasteiger partial charge in [0.15, 0.2) is 0 Å². The number of carbonyl (C=O) groups is 1. The molecule has 1 amide bonds. The Bertz CT molecular complexity index is 522. The number of benzene rings is 1. The molecule has 1 rings (SSSR count). The van der Waals surface area contributed by atoms with Crippen molar-refractivity contribution >= 4 is 17.7 Å². The normalized spacial score (nSPS) is 11.4. The quantitative estimate of drug-likeness (QED) is 0.816. The van der Waals surface area contributed by atoms with Gasteiger partial charge in [-0.3, -0.25) is 4.79 Å². The van der Waals surface area contributed by atoms with Crippen LogP contribution in [0.5, 0.6) is 0 Å². The predicted molar refractivity (Wildman–Crippen MR) is 80.2 cm³/mol. The molecule has 0 aliphatic carbocycles. The van der Waals surface area contributed by atoms with Gasteiger partial charge in [0.2, 0.25) is 0 Å². The Morgan fingerprint density at radius 3 is 2.95 bits per heavy atom. The van der Waals surface area contributed by atoms with Gasteiger partial charge in [-0.05, 0) is 36.1 Å². The van der Waals surface area contributed by atoms with Crippen LogP contribution >= 0.6 is 11.8 Å². The van der Waals surface area contributed by atoms with Gasteiger partial charge in [-0.2, -0.15) is 11.8 Å². The number of nitrogens with one attached hydrogen (secondary N) is 1. The summed E-state index contributed by atoms with van der Waals surface area (Å²) in [7, 11) is 0. The van der Waals surface area contributed by atoms with Gasteiger partial charge in [0.1, 0.15) is 12.4 Å². The molecule has 0 bridgehead atoms. The summed E-state index contributed by atoms with van der Waals surface area (Å²) < 4.78 is 13.3. The highest BCUT2D eigenvalue weighted by Crippen LogP contribution is 2.11. The highest BCUT2D eigenvalue weighted by atomic mass is 32.2. The second-order valence-electron chi connectivity index (χ2n) is 4.42. The summed E-state index contributed by atoms with van der Waals surface area (Å²) in [6.45, 7) is 2.26. The van der Waals surface area contributed by atoms with Gasteiger partial charge in [0.25, 0.3) is 5.91 Å². The van der Waals surface area contributed by atoms with Gasteiger partial charge in [-0.15, -0.1) is 0 Å². The number of carbonyl (C=O) groups excluding carboxylic acids is 1. The van der Waals surface area contributed by atoms with E-state index in [2.05, 4.69) is 17.2 Å². The lowest BCUT2D eigenvalue weighted by Gasteiger charge is -2.12. The highest BCUT2D eigenvalue weighted by molar-refractivity contribution is 7.98. The van der Waals surface area contributed by atoms with Gasteiger partial charge < -0.3 is 10.4 Å². The van der Waals surface area contributed by atoms with Crippen LogP contribution in [0.25, 0.3) is 0 Å². The van der Waals surface area contributed by atoms with Crippen molar-refractivity contribution in [2.75, 3.05) is 25.2 Å². The van der Waals surface area contributed by atoms with Crippen molar-refractivity contribution in [2.45, 2.75) is 6.92 Å². The van der Waals surface area contributed by atoms with Crippen LogP contribution in [-0.2, 0) is 0 Å². The van der Waals surface area contributed by atoms with E-state index in [1.807, 2.05) is 13.2 Å². The first-order chi connectivity index (χ1) is 9.58. The van der Waals surface area contributed by atoms with Crippen molar-refractivity contribution in [3.05, 3.63) is 35.1 Å². The van der Waals surface area contributed by atoms with Gasteiger partial charge in [-0.25, -0.2) is 4.39 Å². The summed E-state index contributed by atoms with van der Waals surface area (Å²) in [6, 6.07) is 3.85. The zero-order valence-electron chi connectivity index (χ0n) is 11.6. The molecule has 0 aromatic heterocycles. The molecule has 1 aromatic carbocycles. The average Bonchev–Trinajstić information content (AvgIpc) is 2.43. The summed E-state index contributed by atoms with van der Waals surface area (Å²) in [4.78, 5) is 12.1. The fraction of sp³-hybridized carbons (Fsp3) is 0.400. The first-order valence-electron chi connectivity index (χ1n) is 6.25. The molecule has 0 saturated carbocycles. The molecule has 1 atom stereocenters. The molecule has 20 heavy (non-hydrogen) atoms. The van der Waals surface area contributed by atoms with Crippen LogP contribution in [0.4, 0.5) is 4.39 Å². The molecule has 0 aliphatic rings. The van der Waals surface area contributed by atoms with E-state index in [-0.39, 0.29) is 18.1 Å². The van der Waals surface area contributed by atoms with Gasteiger partial charge >= 0.3 is 0 Å². The van der Waals surface area contributed by atoms with Crippen LogP contribution in [0.1, 0.15) is 22.8 Å². The second kappa shape index (κ2) is 8.62. The topological polar surface area (TPSA) is 49.3 Å². The SMILES string of the molecule is CSCC(C)CNC(=O)c1cc(F)ccc1C#CCO. The fourth-order valence-corrected chi connectivity index (χ4v) is 2.34. The van der Waals surface area contributed by atoms with E-state index < -0.39 is 5.82 Å². The van der Waals surface area contributed by atoms with Crippen molar-refractivity contribution in [3.8, 4) is 11.8 Å². The third-order valence-corrected chi connectivity index (χ3v) is 3.49. The van der Waals surface area contributed by atoms with Crippen LogP contribution in [0.2, 0.25) is 0 Å². The Hall–Kier alpha value is -1.51. The summed E-state index contributed by atoms with van der Waals surface area (Å²) in [5.41, 5.74) is 0.609. The number of halogens is 1. The Labute approximate surface area is 123 Å². The van der Waals surface area contributed by atoms with Crippen LogP contribution in [-0.4, -0.2) is 36.2 Å². The maximum atomic E-state index is 13.3. The number of thioether (sulfide) groups is 1. The lowest BCUT2D eigenvalue weighted by atomic mass is 10.1. The van der Waals surface area contributed by atoms with Crippen LogP contribution in [0.15, 0.2) is 18.2 Å². The Kier molecular flexibility index (Phi) is 7.13. The number of aliphatic hydroxyl groups excluding tert-OH is 1. The van der Waals surface area contributed by atoms with Gasteiger partial charge in [0.05, 0.1) is 5.56 Å². The molecule has 0 spiro atoms. The van der Waals surface area contributed by atoms with E-state index in [0.29, 0.717) is 18.0 Å². The lowest BCUT2D eigenvalue weighted by molar-refractivity contribution is 0.0948. The third-order valence-electron chi connectivity index (χ3n) is 2.59. The maximum Gasteiger partial charge on any atom is 0.252 e. The molecule has 3 nitrogen and oxygen atoms in total. The van der Waals surface area contributed by atoms with Gasteiger partial charge in [-0.1, -0.05) is 18.8 Å². The number of aliphatic hydroxyl groups is 1. The van der Waals surface area contributed by atoms with Crippen molar-refractivity contribution in [3.63, 3.8) is 0 Å². The van der Waals surface area contributed by atoms with E-state index in [9.17, 15) is 9.18 Å². The fourth-order valence-electron chi connectivity index (χ4n) is 1.65. The molecule has 0 heterocycles. The molecule has 1 unspecified atom stereocenters. The maximum absolute atomic E-state index is 13.3. The standard InChI is InChI=1S/C15H18FNO2S/c1-11(10-20-2)9-17-15(19)14-8-13(16)6-5-12(14)4-3-7-18/h5-6,8,11,18H,7,9-10H2,1-2H3,(H,17,19). The summed E-state index contributed by atoms with van der Waals surface area (Å²) in [5, 5.41) is 11.5. The monoisotopic (exact) mass is 295 g/mol. The minimum atomic E-state index is -0.484. The number of rotatable bonds is 5. The minimum Gasteiger partial charge on any atom is -0.384 e. The average molecular weight is 295 g/mol. The first kappa shape index (κ1) is 16.5. The van der Waals surface area contributed by atoms with E-state index >= 15 is 0 Å². The molecule has 0 fully saturated rings. The molecule has 2 N–H and O–H groups in total. The summed E-state index contributed by atoms with van der Waals surface area (Å²) >= 11 is 1.71. The number of hydrogen-bond donors (Lipinski definition) is 2. The molecular formula is C15H18FNO2S. The van der Waals surface area contributed by atoms with Crippen molar-refractivity contribution in [1.29, 1.82) is 0 Å². The molecule has 5 heteroatoms. The van der Waals surface area contributed by atoms with E-state index in [1.165, 1.54) is 12.1 Å². The largest absolute Gasteiger partial charge is 0.384 e. The molecule has 0 aliphatic heterocycles. The molecule has 108 valence electrons. The smallest absolute Gasteiger partial charge is 0.252 e. The highest BCUT2D eigenvalue weighted by Gasteiger charge is 2.12. The molecule has 1 aromatic rings.